The number of rotatable bonds is 6. The van der Waals surface area contributed by atoms with E-state index in [0.29, 0.717) is 10.9 Å². The van der Waals surface area contributed by atoms with Crippen molar-refractivity contribution in [3.05, 3.63) is 21.9 Å². The average molecular weight is 241 g/mol. The topological polar surface area (TPSA) is 40.5 Å². The Balaban J connectivity index is 2.62. The predicted molar refractivity (Wildman–Crippen MR) is 67.1 cm³/mol. The Bertz CT molecular complexity index is 345. The monoisotopic (exact) mass is 241 g/mol. The van der Waals surface area contributed by atoms with Gasteiger partial charge in [0.15, 0.2) is 0 Å². The number of hydrogen-bond acceptors (Lipinski definition) is 3. The lowest BCUT2D eigenvalue weighted by Crippen LogP contribution is -2.29. The molecule has 0 aliphatic carbocycles. The summed E-state index contributed by atoms with van der Waals surface area (Å²) in [5.41, 5.74) is 0. The highest BCUT2D eigenvalue weighted by Crippen LogP contribution is 2.19. The molecule has 0 amide bonds. The molecule has 0 fully saturated rings. The fourth-order valence-electron chi connectivity index (χ4n) is 1.86. The normalized spacial score (nSPS) is 11.3. The van der Waals surface area contributed by atoms with E-state index in [2.05, 4.69) is 25.8 Å². The summed E-state index contributed by atoms with van der Waals surface area (Å²) < 4.78 is 0. The fourth-order valence-corrected chi connectivity index (χ4v) is 2.77. The average Bonchev–Trinajstić information content (AvgIpc) is 2.68. The van der Waals surface area contributed by atoms with Crippen molar-refractivity contribution < 1.29 is 9.90 Å². The first-order valence-electron chi connectivity index (χ1n) is 5.60. The molecule has 0 saturated carbocycles. The van der Waals surface area contributed by atoms with Crippen molar-refractivity contribution in [1.29, 1.82) is 0 Å². The first-order chi connectivity index (χ1) is 7.58. The molecule has 3 nitrogen and oxygen atoms in total. The molecule has 1 aromatic rings. The highest BCUT2D eigenvalue weighted by molar-refractivity contribution is 7.13. The van der Waals surface area contributed by atoms with Crippen LogP contribution in [0.15, 0.2) is 12.1 Å². The van der Waals surface area contributed by atoms with Gasteiger partial charge in [-0.15, -0.1) is 11.3 Å². The Morgan fingerprint density at radius 2 is 2.06 bits per heavy atom. The fraction of sp³-hybridized carbons (Fsp3) is 0.583. The molecule has 1 rings (SSSR count). The summed E-state index contributed by atoms with van der Waals surface area (Å²) in [5.74, 6) is -0.832. The summed E-state index contributed by atoms with van der Waals surface area (Å²) in [4.78, 5) is 14.6. The Morgan fingerprint density at radius 3 is 2.50 bits per heavy atom. The van der Waals surface area contributed by atoms with Crippen LogP contribution in [0, 0.1) is 0 Å². The van der Waals surface area contributed by atoms with Gasteiger partial charge in [0.25, 0.3) is 0 Å². The van der Waals surface area contributed by atoms with Crippen LogP contribution in [-0.4, -0.2) is 29.1 Å². The molecule has 1 N–H and O–H groups in total. The van der Waals surface area contributed by atoms with Crippen LogP contribution in [0.4, 0.5) is 0 Å². The van der Waals surface area contributed by atoms with E-state index in [-0.39, 0.29) is 0 Å². The molecule has 1 aromatic heterocycles. The van der Waals surface area contributed by atoms with Crippen molar-refractivity contribution >= 4 is 17.3 Å². The Hall–Kier alpha value is -0.870. The molecule has 90 valence electrons. The second-order valence-electron chi connectivity index (χ2n) is 3.96. The van der Waals surface area contributed by atoms with Gasteiger partial charge in [0, 0.05) is 17.5 Å². The van der Waals surface area contributed by atoms with E-state index in [4.69, 9.17) is 5.11 Å². The summed E-state index contributed by atoms with van der Waals surface area (Å²) in [5, 5.41) is 8.83. The molecule has 0 saturated heterocycles. The van der Waals surface area contributed by atoms with Gasteiger partial charge < -0.3 is 5.11 Å². The number of nitrogens with zero attached hydrogens (tertiary/aromatic N) is 1. The van der Waals surface area contributed by atoms with Crippen molar-refractivity contribution in [1.82, 2.24) is 4.90 Å². The van der Waals surface area contributed by atoms with Crippen molar-refractivity contribution in [2.75, 3.05) is 7.05 Å². The lowest BCUT2D eigenvalue weighted by Gasteiger charge is -2.25. The van der Waals surface area contributed by atoms with E-state index in [9.17, 15) is 4.79 Å². The van der Waals surface area contributed by atoms with E-state index in [1.165, 1.54) is 11.3 Å². The van der Waals surface area contributed by atoms with Crippen LogP contribution in [0.25, 0.3) is 0 Å². The number of carboxylic acid groups (broad SMARTS) is 1. The van der Waals surface area contributed by atoms with Gasteiger partial charge in [-0.25, -0.2) is 4.79 Å². The molecule has 0 bridgehead atoms. The third-order valence-electron chi connectivity index (χ3n) is 2.84. The van der Waals surface area contributed by atoms with Crippen LogP contribution >= 0.6 is 11.3 Å². The van der Waals surface area contributed by atoms with Crippen molar-refractivity contribution in [3.63, 3.8) is 0 Å². The lowest BCUT2D eigenvalue weighted by atomic mass is 10.1. The highest BCUT2D eigenvalue weighted by atomic mass is 32.1. The van der Waals surface area contributed by atoms with Gasteiger partial charge in [-0.05, 0) is 32.0 Å². The first kappa shape index (κ1) is 13.2. The van der Waals surface area contributed by atoms with E-state index >= 15 is 0 Å². The van der Waals surface area contributed by atoms with Gasteiger partial charge in [0.1, 0.15) is 4.88 Å². The molecule has 0 aromatic carbocycles. The summed E-state index contributed by atoms with van der Waals surface area (Å²) in [6.45, 7) is 5.20. The van der Waals surface area contributed by atoms with Crippen LogP contribution < -0.4 is 0 Å². The van der Waals surface area contributed by atoms with Gasteiger partial charge in [-0.3, -0.25) is 4.90 Å². The van der Waals surface area contributed by atoms with Crippen LogP contribution in [0.3, 0.4) is 0 Å². The van der Waals surface area contributed by atoms with Crippen molar-refractivity contribution in [2.45, 2.75) is 39.3 Å². The smallest absolute Gasteiger partial charge is 0.345 e. The summed E-state index contributed by atoms with van der Waals surface area (Å²) >= 11 is 1.37. The molecular formula is C12H19NO2S. The minimum absolute atomic E-state index is 0.424. The first-order valence-corrected chi connectivity index (χ1v) is 6.42. The Kier molecular flexibility index (Phi) is 4.96. The minimum atomic E-state index is -0.832. The number of carbonyl (C=O) groups is 1. The van der Waals surface area contributed by atoms with Crippen LogP contribution in [-0.2, 0) is 6.54 Å². The van der Waals surface area contributed by atoms with Gasteiger partial charge in [0.05, 0.1) is 0 Å². The second-order valence-corrected chi connectivity index (χ2v) is 5.12. The Labute approximate surface area is 101 Å². The number of carboxylic acids is 1. The molecule has 4 heteroatoms. The van der Waals surface area contributed by atoms with Crippen LogP contribution in [0.2, 0.25) is 0 Å². The molecule has 0 radical (unpaired) electrons. The van der Waals surface area contributed by atoms with Gasteiger partial charge in [-0.1, -0.05) is 13.8 Å². The zero-order valence-corrected chi connectivity index (χ0v) is 10.9. The maximum Gasteiger partial charge on any atom is 0.345 e. The van der Waals surface area contributed by atoms with Gasteiger partial charge in [-0.2, -0.15) is 0 Å². The maximum atomic E-state index is 10.7. The van der Waals surface area contributed by atoms with Crippen molar-refractivity contribution in [3.8, 4) is 0 Å². The van der Waals surface area contributed by atoms with Crippen LogP contribution in [0.1, 0.15) is 41.2 Å². The quantitative estimate of drug-likeness (QED) is 0.832. The van der Waals surface area contributed by atoms with E-state index in [0.717, 1.165) is 24.3 Å². The van der Waals surface area contributed by atoms with Crippen LogP contribution in [0.5, 0.6) is 0 Å². The Morgan fingerprint density at radius 1 is 1.44 bits per heavy atom. The molecule has 0 spiro atoms. The zero-order chi connectivity index (χ0) is 12.1. The highest BCUT2D eigenvalue weighted by Gasteiger charge is 2.13. The largest absolute Gasteiger partial charge is 0.477 e. The third kappa shape index (κ3) is 3.32. The second kappa shape index (κ2) is 6.01. The van der Waals surface area contributed by atoms with E-state index in [1.54, 1.807) is 6.07 Å². The number of aromatic carboxylic acids is 1. The van der Waals surface area contributed by atoms with E-state index in [1.807, 2.05) is 6.07 Å². The summed E-state index contributed by atoms with van der Waals surface area (Å²) in [7, 11) is 2.10. The summed E-state index contributed by atoms with van der Waals surface area (Å²) in [6.07, 6.45) is 2.26. The summed E-state index contributed by atoms with van der Waals surface area (Å²) in [6, 6.07) is 4.17. The SMILES string of the molecule is CCC(CC)N(C)Cc1ccc(C(=O)O)s1. The molecule has 0 atom stereocenters. The molecule has 0 unspecified atom stereocenters. The maximum absolute atomic E-state index is 10.7. The third-order valence-corrected chi connectivity index (χ3v) is 3.90. The molecule has 1 heterocycles. The van der Waals surface area contributed by atoms with E-state index < -0.39 is 5.97 Å². The zero-order valence-electron chi connectivity index (χ0n) is 10.1. The molecule has 16 heavy (non-hydrogen) atoms. The standard InChI is InChI=1S/C12H19NO2S/c1-4-9(5-2)13(3)8-10-6-7-11(16-10)12(14)15/h6-7,9H,4-5,8H2,1-3H3,(H,14,15). The lowest BCUT2D eigenvalue weighted by molar-refractivity contribution is 0.0702. The van der Waals surface area contributed by atoms with Gasteiger partial charge in [0.2, 0.25) is 0 Å². The minimum Gasteiger partial charge on any atom is -0.477 e. The van der Waals surface area contributed by atoms with Crippen molar-refractivity contribution in [2.24, 2.45) is 0 Å². The molecule has 0 aliphatic heterocycles. The number of thiophene rings is 1. The van der Waals surface area contributed by atoms with Gasteiger partial charge >= 0.3 is 5.97 Å². The number of hydrogen-bond donors (Lipinski definition) is 1. The molecular weight excluding hydrogens is 222 g/mol. The predicted octanol–water partition coefficient (Wildman–Crippen LogP) is 3.07. The molecule has 0 aliphatic rings.